The van der Waals surface area contributed by atoms with Crippen LogP contribution in [0, 0.1) is 3.57 Å². The van der Waals surface area contributed by atoms with E-state index in [1.165, 1.54) is 0 Å². The van der Waals surface area contributed by atoms with Gasteiger partial charge in [-0.1, -0.05) is 19.9 Å². The molecule has 0 fully saturated rings. The predicted octanol–water partition coefficient (Wildman–Crippen LogP) is 4.00. The van der Waals surface area contributed by atoms with Gasteiger partial charge in [-0.05, 0) is 52.8 Å². The van der Waals surface area contributed by atoms with Gasteiger partial charge in [0.15, 0.2) is 5.82 Å². The van der Waals surface area contributed by atoms with Gasteiger partial charge in [-0.15, -0.1) is 0 Å². The normalized spacial score (nSPS) is 11.2. The molecule has 0 radical (unpaired) electrons. The van der Waals surface area contributed by atoms with E-state index in [1.807, 2.05) is 30.3 Å². The second kappa shape index (κ2) is 5.55. The van der Waals surface area contributed by atoms with Gasteiger partial charge in [0.2, 0.25) is 0 Å². The van der Waals surface area contributed by atoms with Crippen molar-refractivity contribution in [2.24, 2.45) is 0 Å². The summed E-state index contributed by atoms with van der Waals surface area (Å²) >= 11 is 2.21. The molecule has 2 aromatic heterocycles. The molecule has 3 aromatic rings. The van der Waals surface area contributed by atoms with Crippen LogP contribution in [-0.2, 0) is 0 Å². The highest BCUT2D eigenvalue weighted by Gasteiger charge is 2.14. The molecule has 3 rings (SSSR count). The topological polar surface area (TPSA) is 64.7 Å². The number of nitrogens with zero attached hydrogens (tertiary/aromatic N) is 3. The van der Waals surface area contributed by atoms with Crippen LogP contribution in [0.15, 0.2) is 36.5 Å². The van der Waals surface area contributed by atoms with Crippen molar-refractivity contribution in [2.75, 3.05) is 5.73 Å². The minimum atomic E-state index is 0.308. The molecule has 0 aliphatic rings. The molecule has 2 heterocycles. The van der Waals surface area contributed by atoms with E-state index in [4.69, 9.17) is 10.7 Å². The molecular weight excluding hydrogens is 375 g/mol. The molecule has 106 valence electrons. The number of benzene rings is 1. The molecule has 0 amide bonds. The lowest BCUT2D eigenvalue weighted by Gasteiger charge is -2.12. The average Bonchev–Trinajstić information content (AvgIpc) is 2.49. The number of nitrogen functional groups attached to an aromatic ring is 1. The summed E-state index contributed by atoms with van der Waals surface area (Å²) in [6, 6.07) is 9.98. The Bertz CT molecular complexity index is 814. The third kappa shape index (κ3) is 2.70. The Kier molecular flexibility index (Phi) is 3.75. The zero-order valence-electron chi connectivity index (χ0n) is 11.8. The third-order valence-electron chi connectivity index (χ3n) is 3.31. The first-order chi connectivity index (χ1) is 10.1. The summed E-state index contributed by atoms with van der Waals surface area (Å²) < 4.78 is 0.939. The van der Waals surface area contributed by atoms with Gasteiger partial charge in [-0.3, -0.25) is 4.98 Å². The van der Waals surface area contributed by atoms with Crippen molar-refractivity contribution in [2.45, 2.75) is 19.8 Å². The number of hydrogen-bond acceptors (Lipinski definition) is 4. The smallest absolute Gasteiger partial charge is 0.161 e. The molecule has 4 nitrogen and oxygen atoms in total. The SMILES string of the molecule is CC(C)c1nc(-c2ccc3ncccc3c2)nc(N)c1I. The maximum Gasteiger partial charge on any atom is 0.161 e. The van der Waals surface area contributed by atoms with Gasteiger partial charge in [0, 0.05) is 17.1 Å². The lowest BCUT2D eigenvalue weighted by molar-refractivity contribution is 0.810. The number of aromatic nitrogens is 3. The van der Waals surface area contributed by atoms with Crippen molar-refractivity contribution in [3.63, 3.8) is 0 Å². The van der Waals surface area contributed by atoms with Crippen LogP contribution in [0.3, 0.4) is 0 Å². The molecule has 0 atom stereocenters. The zero-order chi connectivity index (χ0) is 15.0. The molecule has 0 bridgehead atoms. The zero-order valence-corrected chi connectivity index (χ0v) is 14.0. The maximum atomic E-state index is 6.04. The number of fused-ring (bicyclic) bond motifs is 1. The Morgan fingerprint density at radius 2 is 1.95 bits per heavy atom. The molecule has 0 spiro atoms. The first-order valence-corrected chi connectivity index (χ1v) is 7.82. The Morgan fingerprint density at radius 3 is 2.71 bits per heavy atom. The fourth-order valence-electron chi connectivity index (χ4n) is 2.21. The molecule has 1 aromatic carbocycles. The summed E-state index contributed by atoms with van der Waals surface area (Å²) in [5.41, 5.74) is 8.95. The molecule has 0 unspecified atom stereocenters. The Hall–Kier alpha value is -1.76. The molecule has 0 saturated carbocycles. The molecule has 2 N–H and O–H groups in total. The van der Waals surface area contributed by atoms with Crippen LogP contribution in [0.1, 0.15) is 25.5 Å². The summed E-state index contributed by atoms with van der Waals surface area (Å²) in [5, 5.41) is 1.07. The van der Waals surface area contributed by atoms with Crippen LogP contribution in [0.4, 0.5) is 5.82 Å². The van der Waals surface area contributed by atoms with E-state index in [1.54, 1.807) is 6.20 Å². The van der Waals surface area contributed by atoms with Crippen molar-refractivity contribution in [3.05, 3.63) is 45.8 Å². The summed E-state index contributed by atoms with van der Waals surface area (Å²) in [6.07, 6.45) is 1.79. The monoisotopic (exact) mass is 390 g/mol. The minimum absolute atomic E-state index is 0.308. The van der Waals surface area contributed by atoms with Crippen molar-refractivity contribution in [3.8, 4) is 11.4 Å². The van der Waals surface area contributed by atoms with Crippen LogP contribution in [0.2, 0.25) is 0 Å². The summed E-state index contributed by atoms with van der Waals surface area (Å²) in [5.74, 6) is 1.51. The molecule has 5 heteroatoms. The number of nitrogens with two attached hydrogens (primary N) is 1. The van der Waals surface area contributed by atoms with E-state index in [2.05, 4.69) is 46.4 Å². The summed E-state index contributed by atoms with van der Waals surface area (Å²) in [4.78, 5) is 13.4. The molecule has 0 aliphatic heterocycles. The predicted molar refractivity (Wildman–Crippen MR) is 94.0 cm³/mol. The molecule has 0 aliphatic carbocycles. The van der Waals surface area contributed by atoms with Crippen LogP contribution < -0.4 is 5.73 Å². The average molecular weight is 390 g/mol. The third-order valence-corrected chi connectivity index (χ3v) is 4.42. The van der Waals surface area contributed by atoms with Gasteiger partial charge in [-0.25, -0.2) is 9.97 Å². The van der Waals surface area contributed by atoms with Crippen LogP contribution in [0.5, 0.6) is 0 Å². The van der Waals surface area contributed by atoms with Crippen LogP contribution >= 0.6 is 22.6 Å². The van der Waals surface area contributed by atoms with Gasteiger partial charge >= 0.3 is 0 Å². The second-order valence-electron chi connectivity index (χ2n) is 5.20. The van der Waals surface area contributed by atoms with Crippen LogP contribution in [-0.4, -0.2) is 15.0 Å². The fourth-order valence-corrected chi connectivity index (χ4v) is 3.07. The van der Waals surface area contributed by atoms with Crippen molar-refractivity contribution >= 4 is 39.3 Å². The fraction of sp³-hybridized carbons (Fsp3) is 0.188. The number of rotatable bonds is 2. The van der Waals surface area contributed by atoms with Gasteiger partial charge in [0.25, 0.3) is 0 Å². The Labute approximate surface area is 137 Å². The van der Waals surface area contributed by atoms with E-state index >= 15 is 0 Å². The first-order valence-electron chi connectivity index (χ1n) is 6.74. The molecule has 21 heavy (non-hydrogen) atoms. The first kappa shape index (κ1) is 14.2. The Morgan fingerprint density at radius 1 is 1.14 bits per heavy atom. The number of halogens is 1. The minimum Gasteiger partial charge on any atom is -0.383 e. The Balaban J connectivity index is 2.18. The van der Waals surface area contributed by atoms with E-state index < -0.39 is 0 Å². The lowest BCUT2D eigenvalue weighted by atomic mass is 10.1. The lowest BCUT2D eigenvalue weighted by Crippen LogP contribution is -2.06. The van der Waals surface area contributed by atoms with E-state index in [-0.39, 0.29) is 0 Å². The van der Waals surface area contributed by atoms with Crippen molar-refractivity contribution < 1.29 is 0 Å². The maximum absolute atomic E-state index is 6.04. The summed E-state index contributed by atoms with van der Waals surface area (Å²) in [7, 11) is 0. The van der Waals surface area contributed by atoms with Crippen molar-refractivity contribution in [1.82, 2.24) is 15.0 Å². The molecule has 0 saturated heterocycles. The van der Waals surface area contributed by atoms with Gasteiger partial charge < -0.3 is 5.73 Å². The van der Waals surface area contributed by atoms with Crippen molar-refractivity contribution in [1.29, 1.82) is 0 Å². The highest BCUT2D eigenvalue weighted by Crippen LogP contribution is 2.27. The van der Waals surface area contributed by atoms with E-state index in [0.29, 0.717) is 17.6 Å². The highest BCUT2D eigenvalue weighted by molar-refractivity contribution is 14.1. The summed E-state index contributed by atoms with van der Waals surface area (Å²) in [6.45, 7) is 4.22. The number of pyridine rings is 1. The van der Waals surface area contributed by atoms with Crippen LogP contribution in [0.25, 0.3) is 22.3 Å². The van der Waals surface area contributed by atoms with Gasteiger partial charge in [0.05, 0.1) is 14.8 Å². The number of hydrogen-bond donors (Lipinski definition) is 1. The standard InChI is InChI=1S/C16H15IN4/c1-9(2)14-13(17)15(18)21-16(20-14)11-5-6-12-10(8-11)4-3-7-19-12/h3-9H,1-2H3,(H2,18,20,21). The van der Waals surface area contributed by atoms with Gasteiger partial charge in [-0.2, -0.15) is 0 Å². The second-order valence-corrected chi connectivity index (χ2v) is 6.28. The highest BCUT2D eigenvalue weighted by atomic mass is 127. The molecular formula is C16H15IN4. The largest absolute Gasteiger partial charge is 0.383 e. The van der Waals surface area contributed by atoms with Gasteiger partial charge in [0.1, 0.15) is 5.82 Å². The quantitative estimate of drug-likeness (QED) is 0.672. The van der Waals surface area contributed by atoms with E-state index in [0.717, 1.165) is 25.7 Å². The number of anilines is 1. The van der Waals surface area contributed by atoms with E-state index in [9.17, 15) is 0 Å².